The van der Waals surface area contributed by atoms with Gasteiger partial charge in [-0.2, -0.15) is 4.98 Å². The number of nitrogens with zero attached hydrogens (tertiary/aromatic N) is 4. The van der Waals surface area contributed by atoms with E-state index in [1.54, 1.807) is 22.9 Å². The van der Waals surface area contributed by atoms with Crippen molar-refractivity contribution in [3.8, 4) is 23.0 Å². The van der Waals surface area contributed by atoms with Gasteiger partial charge in [0.05, 0.1) is 0 Å². The Balaban J connectivity index is 1.47. The molecule has 8 heteroatoms. The molecule has 0 radical (unpaired) electrons. The monoisotopic (exact) mass is 421 g/mol. The van der Waals surface area contributed by atoms with Crippen molar-refractivity contribution in [3.63, 3.8) is 0 Å². The quantitative estimate of drug-likeness (QED) is 0.493. The van der Waals surface area contributed by atoms with E-state index >= 15 is 0 Å². The van der Waals surface area contributed by atoms with E-state index in [-0.39, 0.29) is 12.5 Å². The van der Waals surface area contributed by atoms with Crippen LogP contribution in [0.5, 0.6) is 0 Å². The maximum absolute atomic E-state index is 12.5. The molecule has 0 saturated heterocycles. The van der Waals surface area contributed by atoms with Crippen molar-refractivity contribution in [2.24, 2.45) is 0 Å². The summed E-state index contributed by atoms with van der Waals surface area (Å²) in [6.45, 7) is 0.121. The van der Waals surface area contributed by atoms with Gasteiger partial charge in [-0.05, 0) is 60.7 Å². The third kappa shape index (κ3) is 4.36. The summed E-state index contributed by atoms with van der Waals surface area (Å²) >= 11 is 5.93. The van der Waals surface area contributed by atoms with Crippen LogP contribution < -0.4 is 10.2 Å². The van der Waals surface area contributed by atoms with E-state index < -0.39 is 0 Å². The molecule has 0 atom stereocenters. The Labute approximate surface area is 178 Å². The van der Waals surface area contributed by atoms with Gasteiger partial charge in [0.2, 0.25) is 11.7 Å². The average Bonchev–Trinajstić information content (AvgIpc) is 3.38. The summed E-state index contributed by atoms with van der Waals surface area (Å²) in [7, 11) is 3.94. The second kappa shape index (κ2) is 8.42. The molecule has 7 nitrogen and oxygen atoms in total. The maximum atomic E-state index is 12.5. The standard InChI is InChI=1S/C22H20ClN5O2/c1-27(2)18-11-9-17(10-12-18)24-20(29)14-28-13-3-4-19(28)22-25-21(26-30-22)15-5-7-16(23)8-6-15/h3-13H,14H2,1-2H3,(H,24,29). The van der Waals surface area contributed by atoms with Crippen LogP contribution in [0.25, 0.3) is 23.0 Å². The van der Waals surface area contributed by atoms with Gasteiger partial charge < -0.3 is 19.3 Å². The van der Waals surface area contributed by atoms with E-state index in [4.69, 9.17) is 16.1 Å². The largest absolute Gasteiger partial charge is 0.378 e. The van der Waals surface area contributed by atoms with Crippen LogP contribution in [0, 0.1) is 0 Å². The van der Waals surface area contributed by atoms with Crippen molar-refractivity contribution in [1.29, 1.82) is 0 Å². The van der Waals surface area contributed by atoms with E-state index in [0.717, 1.165) is 16.9 Å². The Hall–Kier alpha value is -3.58. The molecule has 4 rings (SSSR count). The number of carbonyl (C=O) groups excluding carboxylic acids is 1. The van der Waals surface area contributed by atoms with Gasteiger partial charge in [0, 0.05) is 42.3 Å². The lowest BCUT2D eigenvalue weighted by molar-refractivity contribution is -0.116. The maximum Gasteiger partial charge on any atom is 0.274 e. The molecule has 0 spiro atoms. The molecule has 0 fully saturated rings. The normalized spacial score (nSPS) is 10.8. The van der Waals surface area contributed by atoms with E-state index in [1.807, 2.05) is 67.5 Å². The van der Waals surface area contributed by atoms with Crippen LogP contribution in [0.2, 0.25) is 5.02 Å². The smallest absolute Gasteiger partial charge is 0.274 e. The summed E-state index contributed by atoms with van der Waals surface area (Å²) in [6, 6.07) is 18.5. The minimum atomic E-state index is -0.150. The number of hydrogen-bond donors (Lipinski definition) is 1. The average molecular weight is 422 g/mol. The highest BCUT2D eigenvalue weighted by atomic mass is 35.5. The SMILES string of the molecule is CN(C)c1ccc(NC(=O)Cn2cccc2-c2nc(-c3ccc(Cl)cc3)no2)cc1. The number of hydrogen-bond acceptors (Lipinski definition) is 5. The lowest BCUT2D eigenvalue weighted by atomic mass is 10.2. The highest BCUT2D eigenvalue weighted by Gasteiger charge is 2.15. The Morgan fingerprint density at radius 3 is 2.53 bits per heavy atom. The highest BCUT2D eigenvalue weighted by Crippen LogP contribution is 2.24. The first-order valence-corrected chi connectivity index (χ1v) is 9.70. The topological polar surface area (TPSA) is 76.2 Å². The van der Waals surface area contributed by atoms with E-state index in [2.05, 4.69) is 15.5 Å². The summed E-state index contributed by atoms with van der Waals surface area (Å²) in [5.41, 5.74) is 3.27. The number of halogens is 1. The molecule has 0 saturated carbocycles. The Kier molecular flexibility index (Phi) is 5.54. The Morgan fingerprint density at radius 2 is 1.83 bits per heavy atom. The van der Waals surface area contributed by atoms with Crippen molar-refractivity contribution in [2.75, 3.05) is 24.3 Å². The number of anilines is 2. The van der Waals surface area contributed by atoms with Gasteiger partial charge in [-0.25, -0.2) is 0 Å². The number of aromatic nitrogens is 3. The van der Waals surface area contributed by atoms with E-state index in [0.29, 0.717) is 22.4 Å². The molecule has 152 valence electrons. The minimum absolute atomic E-state index is 0.121. The zero-order valence-electron chi connectivity index (χ0n) is 16.5. The molecule has 0 unspecified atom stereocenters. The molecule has 2 aromatic heterocycles. The fourth-order valence-electron chi connectivity index (χ4n) is 2.99. The number of carbonyl (C=O) groups is 1. The third-order valence-corrected chi connectivity index (χ3v) is 4.81. The number of rotatable bonds is 6. The van der Waals surface area contributed by atoms with Crippen molar-refractivity contribution >= 4 is 28.9 Å². The molecule has 2 heterocycles. The zero-order chi connectivity index (χ0) is 21.1. The summed E-state index contributed by atoms with van der Waals surface area (Å²) in [4.78, 5) is 19.0. The van der Waals surface area contributed by atoms with Crippen LogP contribution in [0.4, 0.5) is 11.4 Å². The summed E-state index contributed by atoms with van der Waals surface area (Å²) in [5, 5.41) is 7.58. The molecule has 30 heavy (non-hydrogen) atoms. The highest BCUT2D eigenvalue weighted by molar-refractivity contribution is 6.30. The Morgan fingerprint density at radius 1 is 1.10 bits per heavy atom. The second-order valence-corrected chi connectivity index (χ2v) is 7.38. The van der Waals surface area contributed by atoms with Crippen LogP contribution in [-0.4, -0.2) is 34.7 Å². The molecule has 1 amide bonds. The van der Waals surface area contributed by atoms with Crippen LogP contribution in [0.1, 0.15) is 0 Å². The Bertz CT molecular complexity index is 1150. The molecule has 0 bridgehead atoms. The lowest BCUT2D eigenvalue weighted by Crippen LogP contribution is -2.19. The van der Waals surface area contributed by atoms with Gasteiger partial charge in [0.1, 0.15) is 12.2 Å². The molecule has 0 aliphatic rings. The number of nitrogens with one attached hydrogen (secondary N) is 1. The van der Waals surface area contributed by atoms with Crippen LogP contribution >= 0.6 is 11.6 Å². The van der Waals surface area contributed by atoms with Gasteiger partial charge in [0.25, 0.3) is 5.89 Å². The van der Waals surface area contributed by atoms with Crippen LogP contribution in [0.15, 0.2) is 71.4 Å². The van der Waals surface area contributed by atoms with Crippen molar-refractivity contribution in [3.05, 3.63) is 71.9 Å². The summed E-state index contributed by atoms with van der Waals surface area (Å²) < 4.78 is 7.19. The molecule has 0 aliphatic carbocycles. The minimum Gasteiger partial charge on any atom is -0.378 e. The van der Waals surface area contributed by atoms with Crippen molar-refractivity contribution < 1.29 is 9.32 Å². The summed E-state index contributed by atoms with van der Waals surface area (Å²) in [5.74, 6) is 0.649. The van der Waals surface area contributed by atoms with Crippen LogP contribution in [0.3, 0.4) is 0 Å². The first-order chi connectivity index (χ1) is 14.5. The van der Waals surface area contributed by atoms with E-state index in [9.17, 15) is 4.79 Å². The number of benzene rings is 2. The molecular formula is C22H20ClN5O2. The van der Waals surface area contributed by atoms with Gasteiger partial charge >= 0.3 is 0 Å². The van der Waals surface area contributed by atoms with Gasteiger partial charge in [0.15, 0.2) is 0 Å². The van der Waals surface area contributed by atoms with E-state index in [1.165, 1.54) is 0 Å². The first-order valence-electron chi connectivity index (χ1n) is 9.32. The predicted molar refractivity (Wildman–Crippen MR) is 118 cm³/mol. The molecular weight excluding hydrogens is 402 g/mol. The molecule has 2 aromatic carbocycles. The van der Waals surface area contributed by atoms with Crippen molar-refractivity contribution in [1.82, 2.24) is 14.7 Å². The second-order valence-electron chi connectivity index (χ2n) is 6.94. The first kappa shape index (κ1) is 19.7. The predicted octanol–water partition coefficient (Wildman–Crippen LogP) is 4.56. The van der Waals surface area contributed by atoms with Gasteiger partial charge in [-0.15, -0.1) is 0 Å². The fraction of sp³-hybridized carbons (Fsp3) is 0.136. The van der Waals surface area contributed by atoms with Gasteiger partial charge in [-0.1, -0.05) is 16.8 Å². The number of amides is 1. The third-order valence-electron chi connectivity index (χ3n) is 4.56. The summed E-state index contributed by atoms with van der Waals surface area (Å²) in [6.07, 6.45) is 1.80. The fourth-order valence-corrected chi connectivity index (χ4v) is 3.11. The lowest BCUT2D eigenvalue weighted by Gasteiger charge is -2.13. The van der Waals surface area contributed by atoms with Crippen LogP contribution in [-0.2, 0) is 11.3 Å². The van der Waals surface area contributed by atoms with Gasteiger partial charge in [-0.3, -0.25) is 4.79 Å². The molecule has 0 aliphatic heterocycles. The molecule has 4 aromatic rings. The zero-order valence-corrected chi connectivity index (χ0v) is 17.3. The van der Waals surface area contributed by atoms with Crippen molar-refractivity contribution in [2.45, 2.75) is 6.54 Å². The molecule has 1 N–H and O–H groups in total.